The number of amides is 1. The number of carbonyl (C=O) groups is 1. The largest absolute Gasteiger partial charge is 0.493 e. The van der Waals surface area contributed by atoms with Gasteiger partial charge in [-0.25, -0.2) is 13.8 Å². The maximum absolute atomic E-state index is 12.8. The average molecular weight is 480 g/mol. The SMILES string of the molecule is C=CCOc1ccc(C=NNC(=O)c2ccc(N(C)S(=O)(=O)c3ccccc3)cc2)cc1OC. The molecule has 1 amide bonds. The number of ether oxygens (including phenoxy) is 2. The van der Waals surface area contributed by atoms with Crippen LogP contribution in [0.15, 0.2) is 95.4 Å². The van der Waals surface area contributed by atoms with Gasteiger partial charge in [-0.2, -0.15) is 5.10 Å². The Kier molecular flexibility index (Phi) is 8.05. The molecule has 0 aliphatic heterocycles. The van der Waals surface area contributed by atoms with Crippen LogP contribution >= 0.6 is 0 Å². The van der Waals surface area contributed by atoms with Crippen molar-refractivity contribution in [2.75, 3.05) is 25.1 Å². The van der Waals surface area contributed by atoms with Crippen molar-refractivity contribution in [1.82, 2.24) is 5.43 Å². The second-order valence-electron chi connectivity index (χ2n) is 7.04. The Hall–Kier alpha value is -4.11. The fraction of sp³-hybridized carbons (Fsp3) is 0.120. The maximum atomic E-state index is 12.8. The van der Waals surface area contributed by atoms with Crippen LogP contribution in [0.25, 0.3) is 0 Å². The van der Waals surface area contributed by atoms with Crippen molar-refractivity contribution in [1.29, 1.82) is 0 Å². The Bertz CT molecular complexity index is 1270. The first-order valence-corrected chi connectivity index (χ1v) is 11.7. The number of sulfonamides is 1. The van der Waals surface area contributed by atoms with Crippen LogP contribution in [0, 0.1) is 0 Å². The van der Waals surface area contributed by atoms with E-state index in [1.807, 2.05) is 0 Å². The van der Waals surface area contributed by atoms with Gasteiger partial charge in [0, 0.05) is 12.6 Å². The summed E-state index contributed by atoms with van der Waals surface area (Å²) in [7, 11) is -0.704. The Balaban J connectivity index is 1.65. The van der Waals surface area contributed by atoms with E-state index in [2.05, 4.69) is 17.1 Å². The molecule has 0 aromatic heterocycles. The van der Waals surface area contributed by atoms with Gasteiger partial charge in [0.15, 0.2) is 11.5 Å². The van der Waals surface area contributed by atoms with E-state index in [-0.39, 0.29) is 4.90 Å². The van der Waals surface area contributed by atoms with E-state index in [1.54, 1.807) is 54.6 Å². The smallest absolute Gasteiger partial charge is 0.271 e. The molecule has 1 N–H and O–H groups in total. The van der Waals surface area contributed by atoms with Gasteiger partial charge in [-0.05, 0) is 60.2 Å². The van der Waals surface area contributed by atoms with Gasteiger partial charge in [-0.15, -0.1) is 0 Å². The topological polar surface area (TPSA) is 97.3 Å². The van der Waals surface area contributed by atoms with E-state index >= 15 is 0 Å². The fourth-order valence-electron chi connectivity index (χ4n) is 2.97. The van der Waals surface area contributed by atoms with Crippen LogP contribution < -0.4 is 19.2 Å². The first-order valence-electron chi connectivity index (χ1n) is 10.3. The highest BCUT2D eigenvalue weighted by atomic mass is 32.2. The number of nitrogens with one attached hydrogen (secondary N) is 1. The minimum Gasteiger partial charge on any atom is -0.493 e. The van der Waals surface area contributed by atoms with Crippen LogP contribution in [0.1, 0.15) is 15.9 Å². The van der Waals surface area contributed by atoms with E-state index in [0.29, 0.717) is 34.9 Å². The first-order chi connectivity index (χ1) is 16.4. The molecule has 0 bridgehead atoms. The minimum atomic E-state index is -3.70. The number of rotatable bonds is 10. The molecule has 0 aliphatic carbocycles. The number of methoxy groups -OCH3 is 1. The molecule has 9 heteroatoms. The summed E-state index contributed by atoms with van der Waals surface area (Å²) < 4.78 is 37.5. The number of anilines is 1. The first kappa shape index (κ1) is 24.5. The number of nitrogens with zero attached hydrogens (tertiary/aromatic N) is 2. The molecule has 0 heterocycles. The van der Waals surface area contributed by atoms with Crippen molar-refractivity contribution in [2.24, 2.45) is 5.10 Å². The molecular weight excluding hydrogens is 454 g/mol. The molecule has 176 valence electrons. The summed E-state index contributed by atoms with van der Waals surface area (Å²) in [5.41, 5.74) is 3.91. The Morgan fingerprint density at radius 1 is 1.06 bits per heavy atom. The predicted octanol–water partition coefficient (Wildman–Crippen LogP) is 3.85. The van der Waals surface area contributed by atoms with E-state index < -0.39 is 15.9 Å². The number of hydrogen-bond acceptors (Lipinski definition) is 6. The number of benzene rings is 3. The van der Waals surface area contributed by atoms with Crippen LogP contribution in [0.2, 0.25) is 0 Å². The monoisotopic (exact) mass is 479 g/mol. The highest BCUT2D eigenvalue weighted by molar-refractivity contribution is 7.92. The van der Waals surface area contributed by atoms with Crippen LogP contribution in [-0.4, -0.2) is 41.3 Å². The highest BCUT2D eigenvalue weighted by Gasteiger charge is 2.21. The van der Waals surface area contributed by atoms with Gasteiger partial charge in [-0.3, -0.25) is 9.10 Å². The molecule has 3 aromatic carbocycles. The third-order valence-corrected chi connectivity index (χ3v) is 6.62. The summed E-state index contributed by atoms with van der Waals surface area (Å²) in [6, 6.07) is 19.6. The number of carbonyl (C=O) groups excluding carboxylic acids is 1. The van der Waals surface area contributed by atoms with Crippen molar-refractivity contribution < 1.29 is 22.7 Å². The zero-order valence-electron chi connectivity index (χ0n) is 18.8. The second-order valence-corrected chi connectivity index (χ2v) is 9.01. The normalized spacial score (nSPS) is 11.1. The van der Waals surface area contributed by atoms with Gasteiger partial charge in [0.05, 0.1) is 23.9 Å². The molecule has 0 atom stereocenters. The maximum Gasteiger partial charge on any atom is 0.271 e. The number of hydrazone groups is 1. The lowest BCUT2D eigenvalue weighted by atomic mass is 10.2. The lowest BCUT2D eigenvalue weighted by molar-refractivity contribution is 0.0955. The lowest BCUT2D eigenvalue weighted by Gasteiger charge is -2.19. The van der Waals surface area contributed by atoms with Crippen LogP contribution in [0.4, 0.5) is 5.69 Å². The van der Waals surface area contributed by atoms with E-state index in [0.717, 1.165) is 4.31 Å². The molecule has 0 saturated carbocycles. The average Bonchev–Trinajstić information content (AvgIpc) is 2.87. The lowest BCUT2D eigenvalue weighted by Crippen LogP contribution is -2.26. The third-order valence-electron chi connectivity index (χ3n) is 4.82. The van der Waals surface area contributed by atoms with Crippen LogP contribution in [0.5, 0.6) is 11.5 Å². The van der Waals surface area contributed by atoms with Gasteiger partial charge < -0.3 is 9.47 Å². The highest BCUT2D eigenvalue weighted by Crippen LogP contribution is 2.27. The summed E-state index contributed by atoms with van der Waals surface area (Å²) in [6.07, 6.45) is 3.11. The van der Waals surface area contributed by atoms with Crippen molar-refractivity contribution in [3.8, 4) is 11.5 Å². The summed E-state index contributed by atoms with van der Waals surface area (Å²) in [5.74, 6) is 0.666. The van der Waals surface area contributed by atoms with Crippen molar-refractivity contribution in [3.05, 3.63) is 96.6 Å². The van der Waals surface area contributed by atoms with Crippen LogP contribution in [0.3, 0.4) is 0 Å². The minimum absolute atomic E-state index is 0.186. The molecule has 0 unspecified atom stereocenters. The number of hydrogen-bond donors (Lipinski definition) is 1. The van der Waals surface area contributed by atoms with Gasteiger partial charge in [0.25, 0.3) is 15.9 Å². The third kappa shape index (κ3) is 5.81. The molecule has 3 aromatic rings. The Morgan fingerprint density at radius 3 is 2.41 bits per heavy atom. The summed E-state index contributed by atoms with van der Waals surface area (Å²) in [4.78, 5) is 12.6. The fourth-order valence-corrected chi connectivity index (χ4v) is 4.19. The molecule has 0 aliphatic rings. The van der Waals surface area contributed by atoms with Crippen molar-refractivity contribution in [2.45, 2.75) is 4.90 Å². The molecular formula is C25H25N3O5S. The quantitative estimate of drug-likeness (QED) is 0.271. The van der Waals surface area contributed by atoms with Gasteiger partial charge in [0.2, 0.25) is 0 Å². The second kappa shape index (κ2) is 11.2. The van der Waals surface area contributed by atoms with E-state index in [9.17, 15) is 13.2 Å². The standard InChI is InChI=1S/C25H25N3O5S/c1-4-16-33-23-15-10-19(17-24(23)32-3)18-26-27-25(29)20-11-13-21(14-12-20)28(2)34(30,31)22-8-6-5-7-9-22/h4-15,17-18H,1,16H2,2-3H3,(H,27,29). The molecule has 3 rings (SSSR count). The van der Waals surface area contributed by atoms with Crippen molar-refractivity contribution >= 4 is 27.8 Å². The molecule has 0 saturated heterocycles. The van der Waals surface area contributed by atoms with Gasteiger partial charge in [0.1, 0.15) is 6.61 Å². The Labute approximate surface area is 199 Å². The van der Waals surface area contributed by atoms with Gasteiger partial charge >= 0.3 is 0 Å². The summed E-state index contributed by atoms with van der Waals surface area (Å²) >= 11 is 0. The molecule has 0 spiro atoms. The molecule has 34 heavy (non-hydrogen) atoms. The van der Waals surface area contributed by atoms with Gasteiger partial charge in [-0.1, -0.05) is 30.9 Å². The van der Waals surface area contributed by atoms with E-state index in [4.69, 9.17) is 9.47 Å². The summed E-state index contributed by atoms with van der Waals surface area (Å²) in [5, 5.41) is 3.98. The molecule has 0 fully saturated rings. The molecule has 0 radical (unpaired) electrons. The van der Waals surface area contributed by atoms with E-state index in [1.165, 1.54) is 44.6 Å². The zero-order chi connectivity index (χ0) is 24.6. The Morgan fingerprint density at radius 2 is 1.76 bits per heavy atom. The zero-order valence-corrected chi connectivity index (χ0v) is 19.7. The van der Waals surface area contributed by atoms with Crippen LogP contribution in [-0.2, 0) is 10.0 Å². The predicted molar refractivity (Wildman–Crippen MR) is 132 cm³/mol. The van der Waals surface area contributed by atoms with Crippen molar-refractivity contribution in [3.63, 3.8) is 0 Å². The molecule has 8 nitrogen and oxygen atoms in total. The summed E-state index contributed by atoms with van der Waals surface area (Å²) in [6.45, 7) is 3.96.